The molecule has 0 heterocycles. The molecule has 0 aliphatic rings. The molecule has 1 aromatic rings. The van der Waals surface area contributed by atoms with E-state index in [9.17, 15) is 4.79 Å². The largest absolute Gasteiger partial charge is 0.398 e. The summed E-state index contributed by atoms with van der Waals surface area (Å²) in [6.07, 6.45) is 1.44. The molecule has 0 saturated heterocycles. The number of nitrogen functional groups attached to an aromatic ring is 1. The van der Waals surface area contributed by atoms with Gasteiger partial charge in [0.25, 0.3) is 5.91 Å². The van der Waals surface area contributed by atoms with Crippen molar-refractivity contribution in [2.75, 3.05) is 18.9 Å². The Kier molecular flexibility index (Phi) is 5.08. The summed E-state index contributed by atoms with van der Waals surface area (Å²) in [5, 5.41) is 11.7. The number of carbonyl (C=O) groups excluding carboxylic acids is 1. The maximum absolute atomic E-state index is 11.6. The zero-order valence-electron chi connectivity index (χ0n) is 8.87. The van der Waals surface area contributed by atoms with Crippen LogP contribution in [0.5, 0.6) is 0 Å². The van der Waals surface area contributed by atoms with Crippen LogP contribution in [0, 0.1) is 0 Å². The molecule has 0 fully saturated rings. The van der Waals surface area contributed by atoms with Gasteiger partial charge in [-0.05, 0) is 31.0 Å². The predicted octanol–water partition coefficient (Wildman–Crippen LogP) is 1.42. The van der Waals surface area contributed by atoms with Crippen molar-refractivity contribution < 1.29 is 9.90 Å². The van der Waals surface area contributed by atoms with Crippen molar-refractivity contribution in [3.63, 3.8) is 0 Å². The number of rotatable bonds is 5. The van der Waals surface area contributed by atoms with E-state index in [1.807, 2.05) is 0 Å². The number of aliphatic hydroxyl groups excluding tert-OH is 1. The molecule has 88 valence electrons. The van der Waals surface area contributed by atoms with Gasteiger partial charge in [-0.2, -0.15) is 0 Å². The molecule has 5 heteroatoms. The number of unbranched alkanes of at least 4 members (excludes halogenated alkanes) is 1. The van der Waals surface area contributed by atoms with Crippen LogP contribution in [0.2, 0.25) is 5.02 Å². The maximum atomic E-state index is 11.6. The van der Waals surface area contributed by atoms with E-state index in [0.29, 0.717) is 29.2 Å². The minimum Gasteiger partial charge on any atom is -0.398 e. The van der Waals surface area contributed by atoms with Gasteiger partial charge in [-0.3, -0.25) is 4.79 Å². The summed E-state index contributed by atoms with van der Waals surface area (Å²) >= 11 is 5.80. The Morgan fingerprint density at radius 1 is 1.44 bits per heavy atom. The Morgan fingerprint density at radius 3 is 2.81 bits per heavy atom. The molecule has 0 saturated carbocycles. The highest BCUT2D eigenvalue weighted by molar-refractivity contribution is 6.33. The van der Waals surface area contributed by atoms with Gasteiger partial charge in [0.05, 0.1) is 10.7 Å². The predicted molar refractivity (Wildman–Crippen MR) is 64.5 cm³/mol. The molecule has 0 radical (unpaired) electrons. The van der Waals surface area contributed by atoms with Gasteiger partial charge in [-0.15, -0.1) is 0 Å². The van der Waals surface area contributed by atoms with Crippen molar-refractivity contribution in [1.82, 2.24) is 5.32 Å². The van der Waals surface area contributed by atoms with E-state index in [-0.39, 0.29) is 12.5 Å². The lowest BCUT2D eigenvalue weighted by Crippen LogP contribution is -2.24. The Bertz CT molecular complexity index is 369. The molecule has 0 atom stereocenters. The number of nitrogens with one attached hydrogen (secondary N) is 1. The van der Waals surface area contributed by atoms with Crippen molar-refractivity contribution in [1.29, 1.82) is 0 Å². The highest BCUT2D eigenvalue weighted by Gasteiger charge is 2.06. The minimum absolute atomic E-state index is 0.142. The summed E-state index contributed by atoms with van der Waals surface area (Å²) in [4.78, 5) is 11.6. The van der Waals surface area contributed by atoms with Crippen molar-refractivity contribution in [2.45, 2.75) is 12.8 Å². The minimum atomic E-state index is -0.181. The van der Waals surface area contributed by atoms with Crippen LogP contribution < -0.4 is 11.1 Å². The maximum Gasteiger partial charge on any atom is 0.251 e. The summed E-state index contributed by atoms with van der Waals surface area (Å²) < 4.78 is 0. The van der Waals surface area contributed by atoms with Gasteiger partial charge in [0.2, 0.25) is 0 Å². The zero-order chi connectivity index (χ0) is 12.0. The SMILES string of the molecule is Nc1ccc(C(=O)NCCCCO)cc1Cl. The van der Waals surface area contributed by atoms with Crippen molar-refractivity contribution in [2.24, 2.45) is 0 Å². The van der Waals surface area contributed by atoms with Crippen molar-refractivity contribution in [3.8, 4) is 0 Å². The molecule has 0 bridgehead atoms. The molecular formula is C11H15ClN2O2. The standard InChI is InChI=1S/C11H15ClN2O2/c12-9-7-8(3-4-10(9)13)11(16)14-5-1-2-6-15/h3-4,7,15H,1-2,5-6,13H2,(H,14,16). The Labute approximate surface area is 99.4 Å². The van der Waals surface area contributed by atoms with Gasteiger partial charge in [0, 0.05) is 18.7 Å². The van der Waals surface area contributed by atoms with Crippen LogP contribution in [0.25, 0.3) is 0 Å². The van der Waals surface area contributed by atoms with E-state index in [1.54, 1.807) is 12.1 Å². The van der Waals surface area contributed by atoms with Crippen LogP contribution in [-0.2, 0) is 0 Å². The summed E-state index contributed by atoms with van der Waals surface area (Å²) in [7, 11) is 0. The fraction of sp³-hybridized carbons (Fsp3) is 0.364. The molecule has 1 aromatic carbocycles. The molecule has 0 aromatic heterocycles. The van der Waals surface area contributed by atoms with Gasteiger partial charge in [0.1, 0.15) is 0 Å². The third-order valence-corrected chi connectivity index (χ3v) is 2.46. The summed E-state index contributed by atoms with van der Waals surface area (Å²) in [5.41, 5.74) is 6.48. The number of hydrogen-bond donors (Lipinski definition) is 3. The summed E-state index contributed by atoms with van der Waals surface area (Å²) in [6, 6.07) is 4.77. The van der Waals surface area contributed by atoms with Crippen LogP contribution in [0.1, 0.15) is 23.2 Å². The third-order valence-electron chi connectivity index (χ3n) is 2.13. The lowest BCUT2D eigenvalue weighted by Gasteiger charge is -2.05. The molecule has 0 aliphatic carbocycles. The Balaban J connectivity index is 2.50. The van der Waals surface area contributed by atoms with E-state index < -0.39 is 0 Å². The number of halogens is 1. The number of anilines is 1. The van der Waals surface area contributed by atoms with E-state index in [2.05, 4.69) is 5.32 Å². The molecule has 16 heavy (non-hydrogen) atoms. The zero-order valence-corrected chi connectivity index (χ0v) is 9.63. The highest BCUT2D eigenvalue weighted by Crippen LogP contribution is 2.19. The lowest BCUT2D eigenvalue weighted by atomic mass is 10.2. The second-order valence-electron chi connectivity index (χ2n) is 3.42. The summed E-state index contributed by atoms with van der Waals surface area (Å²) in [6.45, 7) is 0.685. The van der Waals surface area contributed by atoms with Gasteiger partial charge in [0.15, 0.2) is 0 Å². The number of benzene rings is 1. The molecule has 0 unspecified atom stereocenters. The Morgan fingerprint density at radius 2 is 2.19 bits per heavy atom. The Hall–Kier alpha value is -1.26. The van der Waals surface area contributed by atoms with E-state index in [1.165, 1.54) is 6.07 Å². The normalized spacial score (nSPS) is 10.1. The van der Waals surface area contributed by atoms with Gasteiger partial charge < -0.3 is 16.2 Å². The molecule has 1 rings (SSSR count). The number of amides is 1. The van der Waals surface area contributed by atoms with Crippen LogP contribution in [0.15, 0.2) is 18.2 Å². The fourth-order valence-electron chi connectivity index (χ4n) is 1.21. The lowest BCUT2D eigenvalue weighted by molar-refractivity contribution is 0.0952. The third kappa shape index (κ3) is 3.72. The number of carbonyl (C=O) groups is 1. The molecule has 0 spiro atoms. The first-order valence-electron chi connectivity index (χ1n) is 5.09. The topological polar surface area (TPSA) is 75.4 Å². The van der Waals surface area contributed by atoms with Crippen LogP contribution in [0.3, 0.4) is 0 Å². The highest BCUT2D eigenvalue weighted by atomic mass is 35.5. The number of nitrogens with two attached hydrogens (primary N) is 1. The average Bonchev–Trinajstić information content (AvgIpc) is 2.28. The monoisotopic (exact) mass is 242 g/mol. The quantitative estimate of drug-likeness (QED) is 0.540. The summed E-state index contributed by atoms with van der Waals surface area (Å²) in [5.74, 6) is -0.181. The second-order valence-corrected chi connectivity index (χ2v) is 3.83. The van der Waals surface area contributed by atoms with Crippen LogP contribution in [0.4, 0.5) is 5.69 Å². The van der Waals surface area contributed by atoms with Gasteiger partial charge >= 0.3 is 0 Å². The van der Waals surface area contributed by atoms with E-state index in [0.717, 1.165) is 6.42 Å². The van der Waals surface area contributed by atoms with Crippen molar-refractivity contribution in [3.05, 3.63) is 28.8 Å². The van der Waals surface area contributed by atoms with Gasteiger partial charge in [-0.1, -0.05) is 11.6 Å². The van der Waals surface area contributed by atoms with E-state index >= 15 is 0 Å². The fourth-order valence-corrected chi connectivity index (χ4v) is 1.39. The smallest absolute Gasteiger partial charge is 0.251 e. The molecular weight excluding hydrogens is 228 g/mol. The first-order valence-corrected chi connectivity index (χ1v) is 5.47. The van der Waals surface area contributed by atoms with Crippen molar-refractivity contribution >= 4 is 23.2 Å². The van der Waals surface area contributed by atoms with E-state index in [4.69, 9.17) is 22.4 Å². The molecule has 4 N–H and O–H groups in total. The van der Waals surface area contributed by atoms with Crippen LogP contribution in [-0.4, -0.2) is 24.2 Å². The second kappa shape index (κ2) is 6.35. The number of hydrogen-bond acceptors (Lipinski definition) is 3. The van der Waals surface area contributed by atoms with Gasteiger partial charge in [-0.25, -0.2) is 0 Å². The average molecular weight is 243 g/mol. The molecule has 0 aliphatic heterocycles. The first-order chi connectivity index (χ1) is 7.65. The molecule has 4 nitrogen and oxygen atoms in total. The number of aliphatic hydroxyl groups is 1. The first kappa shape index (κ1) is 12.8. The molecule has 1 amide bonds. The van der Waals surface area contributed by atoms with Crippen LogP contribution >= 0.6 is 11.6 Å².